The molecule has 0 unspecified atom stereocenters. The summed E-state index contributed by atoms with van der Waals surface area (Å²) >= 11 is 0. The summed E-state index contributed by atoms with van der Waals surface area (Å²) < 4.78 is 23.4. The van der Waals surface area contributed by atoms with Gasteiger partial charge in [-0.1, -0.05) is 0 Å². The Morgan fingerprint density at radius 3 is 1.80 bits per heavy atom. The van der Waals surface area contributed by atoms with E-state index in [2.05, 4.69) is 0 Å². The van der Waals surface area contributed by atoms with Gasteiger partial charge in [-0.3, -0.25) is 0 Å². The van der Waals surface area contributed by atoms with Crippen LogP contribution in [0.15, 0.2) is 12.1 Å². The van der Waals surface area contributed by atoms with E-state index in [1.54, 1.807) is 0 Å². The molecule has 84 valence electrons. The molecule has 0 spiro atoms. The third-order valence-corrected chi connectivity index (χ3v) is 2.11. The van der Waals surface area contributed by atoms with E-state index < -0.39 is 11.4 Å². The highest BCUT2D eigenvalue weighted by molar-refractivity contribution is 5.49. The van der Waals surface area contributed by atoms with E-state index >= 15 is 0 Å². The molecule has 0 heterocycles. The summed E-state index contributed by atoms with van der Waals surface area (Å²) in [6.07, 6.45) is 0. The van der Waals surface area contributed by atoms with Gasteiger partial charge in [0.2, 0.25) is 0 Å². The molecule has 0 saturated heterocycles. The van der Waals surface area contributed by atoms with Crippen molar-refractivity contribution in [2.75, 3.05) is 14.2 Å². The van der Waals surface area contributed by atoms with E-state index in [-0.39, 0.29) is 0 Å². The number of nitrogens with two attached hydrogens (primary N) is 1. The summed E-state index contributed by atoms with van der Waals surface area (Å²) in [7, 11) is 2.95. The lowest BCUT2D eigenvalue weighted by Gasteiger charge is -2.24. The van der Waals surface area contributed by atoms with E-state index in [1.807, 2.05) is 13.8 Å². The molecule has 4 heteroatoms. The Labute approximate surface area is 89.0 Å². The van der Waals surface area contributed by atoms with Crippen LogP contribution >= 0.6 is 0 Å². The van der Waals surface area contributed by atoms with Gasteiger partial charge in [-0.05, 0) is 13.8 Å². The molecule has 0 aliphatic heterocycles. The minimum Gasteiger partial charge on any atom is -0.496 e. The van der Waals surface area contributed by atoms with Gasteiger partial charge < -0.3 is 15.2 Å². The standard InChI is InChI=1S/C11H16FNO2/c1-11(2,13)10-8(14-3)5-7(12)6-9(10)15-4/h5-6H,13H2,1-4H3. The Balaban J connectivity index is 3.44. The molecule has 0 radical (unpaired) electrons. The van der Waals surface area contributed by atoms with Crippen molar-refractivity contribution in [2.45, 2.75) is 19.4 Å². The largest absolute Gasteiger partial charge is 0.496 e. The molecular formula is C11H16FNO2. The number of ether oxygens (including phenoxy) is 2. The molecule has 0 aromatic heterocycles. The first-order valence-electron chi connectivity index (χ1n) is 4.61. The molecule has 1 rings (SSSR count). The fraction of sp³-hybridized carbons (Fsp3) is 0.455. The molecule has 1 aromatic carbocycles. The van der Waals surface area contributed by atoms with Gasteiger partial charge in [0.1, 0.15) is 17.3 Å². The normalized spacial score (nSPS) is 11.3. The molecule has 0 aliphatic carbocycles. The number of methoxy groups -OCH3 is 2. The quantitative estimate of drug-likeness (QED) is 0.835. The Morgan fingerprint density at radius 1 is 1.13 bits per heavy atom. The fourth-order valence-electron chi connectivity index (χ4n) is 1.51. The zero-order chi connectivity index (χ0) is 11.6. The van der Waals surface area contributed by atoms with Gasteiger partial charge in [0, 0.05) is 17.7 Å². The highest BCUT2D eigenvalue weighted by Gasteiger charge is 2.25. The molecule has 1 aromatic rings. The molecule has 2 N–H and O–H groups in total. The van der Waals surface area contributed by atoms with Crippen LogP contribution in [0.4, 0.5) is 4.39 Å². The zero-order valence-corrected chi connectivity index (χ0v) is 9.43. The summed E-state index contributed by atoms with van der Waals surface area (Å²) in [6, 6.07) is 2.60. The molecular weight excluding hydrogens is 197 g/mol. The average molecular weight is 213 g/mol. The SMILES string of the molecule is COc1cc(F)cc(OC)c1C(C)(C)N. The molecule has 0 fully saturated rings. The Hall–Kier alpha value is -1.29. The van der Waals surface area contributed by atoms with Gasteiger partial charge in [-0.15, -0.1) is 0 Å². The van der Waals surface area contributed by atoms with Gasteiger partial charge in [-0.2, -0.15) is 0 Å². The van der Waals surface area contributed by atoms with E-state index in [0.29, 0.717) is 17.1 Å². The highest BCUT2D eigenvalue weighted by Crippen LogP contribution is 2.36. The second-order valence-corrected chi connectivity index (χ2v) is 3.91. The van der Waals surface area contributed by atoms with Crippen molar-refractivity contribution in [2.24, 2.45) is 5.73 Å². The van der Waals surface area contributed by atoms with Gasteiger partial charge in [-0.25, -0.2) is 4.39 Å². The van der Waals surface area contributed by atoms with Gasteiger partial charge in [0.15, 0.2) is 0 Å². The van der Waals surface area contributed by atoms with Crippen LogP contribution in [0.2, 0.25) is 0 Å². The van der Waals surface area contributed by atoms with Crippen LogP contribution < -0.4 is 15.2 Å². The van der Waals surface area contributed by atoms with E-state index in [0.717, 1.165) is 0 Å². The highest BCUT2D eigenvalue weighted by atomic mass is 19.1. The predicted molar refractivity (Wildman–Crippen MR) is 56.7 cm³/mol. The summed E-state index contributed by atoms with van der Waals surface area (Å²) in [5.74, 6) is 0.399. The maximum Gasteiger partial charge on any atom is 0.130 e. The van der Waals surface area contributed by atoms with Crippen molar-refractivity contribution in [1.29, 1.82) is 0 Å². The molecule has 0 atom stereocenters. The lowest BCUT2D eigenvalue weighted by Crippen LogP contribution is -2.30. The maximum atomic E-state index is 13.2. The van der Waals surface area contributed by atoms with Gasteiger partial charge >= 0.3 is 0 Å². The number of hydrogen-bond acceptors (Lipinski definition) is 3. The van der Waals surface area contributed by atoms with Crippen molar-refractivity contribution >= 4 is 0 Å². The molecule has 0 saturated carbocycles. The summed E-state index contributed by atoms with van der Waals surface area (Å²) in [4.78, 5) is 0. The Bertz CT molecular complexity index is 333. The van der Waals surface area contributed by atoms with Crippen LogP contribution in [0.1, 0.15) is 19.4 Å². The lowest BCUT2D eigenvalue weighted by atomic mass is 9.93. The van der Waals surface area contributed by atoms with Crippen LogP contribution in [0.25, 0.3) is 0 Å². The summed E-state index contributed by atoms with van der Waals surface area (Å²) in [5.41, 5.74) is 5.99. The summed E-state index contributed by atoms with van der Waals surface area (Å²) in [5, 5.41) is 0. The fourth-order valence-corrected chi connectivity index (χ4v) is 1.51. The smallest absolute Gasteiger partial charge is 0.130 e. The lowest BCUT2D eigenvalue weighted by molar-refractivity contribution is 0.359. The summed E-state index contributed by atoms with van der Waals surface area (Å²) in [6.45, 7) is 3.62. The van der Waals surface area contributed by atoms with Crippen LogP contribution in [0.3, 0.4) is 0 Å². The first kappa shape index (κ1) is 11.8. The molecule has 15 heavy (non-hydrogen) atoms. The number of rotatable bonds is 3. The number of hydrogen-bond donors (Lipinski definition) is 1. The number of halogens is 1. The molecule has 0 amide bonds. The second-order valence-electron chi connectivity index (χ2n) is 3.91. The topological polar surface area (TPSA) is 44.5 Å². The van der Waals surface area contributed by atoms with Crippen LogP contribution in [0, 0.1) is 5.82 Å². The minimum atomic E-state index is -0.648. The Morgan fingerprint density at radius 2 is 1.53 bits per heavy atom. The third kappa shape index (κ3) is 2.39. The Kier molecular flexibility index (Phi) is 3.19. The molecule has 0 aliphatic rings. The van der Waals surface area contributed by atoms with Crippen molar-refractivity contribution in [3.63, 3.8) is 0 Å². The van der Waals surface area contributed by atoms with Crippen molar-refractivity contribution < 1.29 is 13.9 Å². The third-order valence-electron chi connectivity index (χ3n) is 2.11. The number of benzene rings is 1. The first-order chi connectivity index (χ1) is 6.90. The van der Waals surface area contributed by atoms with E-state index in [9.17, 15) is 4.39 Å². The van der Waals surface area contributed by atoms with E-state index in [1.165, 1.54) is 26.4 Å². The van der Waals surface area contributed by atoms with Crippen LogP contribution in [0.5, 0.6) is 11.5 Å². The predicted octanol–water partition coefficient (Wildman–Crippen LogP) is 2.04. The molecule has 3 nitrogen and oxygen atoms in total. The molecule has 0 bridgehead atoms. The zero-order valence-electron chi connectivity index (χ0n) is 9.43. The van der Waals surface area contributed by atoms with Gasteiger partial charge in [0.05, 0.1) is 19.8 Å². The minimum absolute atomic E-state index is 0.402. The van der Waals surface area contributed by atoms with Crippen LogP contribution in [-0.4, -0.2) is 14.2 Å². The van der Waals surface area contributed by atoms with Gasteiger partial charge in [0.25, 0.3) is 0 Å². The van der Waals surface area contributed by atoms with Crippen molar-refractivity contribution in [3.05, 3.63) is 23.5 Å². The second kappa shape index (κ2) is 4.06. The van der Waals surface area contributed by atoms with Crippen molar-refractivity contribution in [1.82, 2.24) is 0 Å². The monoisotopic (exact) mass is 213 g/mol. The van der Waals surface area contributed by atoms with Crippen molar-refractivity contribution in [3.8, 4) is 11.5 Å². The average Bonchev–Trinajstić information content (AvgIpc) is 2.14. The first-order valence-corrected chi connectivity index (χ1v) is 4.61. The van der Waals surface area contributed by atoms with Crippen LogP contribution in [-0.2, 0) is 5.54 Å². The maximum absolute atomic E-state index is 13.2. The van der Waals surface area contributed by atoms with E-state index in [4.69, 9.17) is 15.2 Å².